The van der Waals surface area contributed by atoms with Gasteiger partial charge in [0.2, 0.25) is 0 Å². The highest BCUT2D eigenvalue weighted by Gasteiger charge is 2.04. The summed E-state index contributed by atoms with van der Waals surface area (Å²) in [5.74, 6) is -0.934. The SMILES string of the molecule is O=C(O)Cc1ccc(OC(=O)O)cn1. The van der Waals surface area contributed by atoms with Crippen molar-refractivity contribution in [3.05, 3.63) is 24.0 Å². The lowest BCUT2D eigenvalue weighted by molar-refractivity contribution is -0.136. The second-order valence-corrected chi connectivity index (χ2v) is 2.42. The van der Waals surface area contributed by atoms with E-state index in [9.17, 15) is 9.59 Å². The van der Waals surface area contributed by atoms with Gasteiger partial charge >= 0.3 is 12.1 Å². The maximum Gasteiger partial charge on any atom is 0.511 e. The summed E-state index contributed by atoms with van der Waals surface area (Å²) in [6.45, 7) is 0. The van der Waals surface area contributed by atoms with Crippen LogP contribution in [0.1, 0.15) is 5.69 Å². The molecular formula is C8H7NO5. The van der Waals surface area contributed by atoms with Crippen molar-refractivity contribution in [2.45, 2.75) is 6.42 Å². The number of nitrogens with zero attached hydrogens (tertiary/aromatic N) is 1. The molecule has 0 saturated carbocycles. The van der Waals surface area contributed by atoms with Gasteiger partial charge in [-0.1, -0.05) is 0 Å². The van der Waals surface area contributed by atoms with Gasteiger partial charge in [0.25, 0.3) is 0 Å². The van der Waals surface area contributed by atoms with Crippen molar-refractivity contribution in [3.8, 4) is 5.75 Å². The van der Waals surface area contributed by atoms with Crippen molar-refractivity contribution >= 4 is 12.1 Å². The molecule has 0 bridgehead atoms. The summed E-state index contributed by atoms with van der Waals surface area (Å²) in [5, 5.41) is 16.7. The number of ether oxygens (including phenoxy) is 1. The number of carbonyl (C=O) groups is 2. The number of hydrogen-bond acceptors (Lipinski definition) is 4. The van der Waals surface area contributed by atoms with Crippen molar-refractivity contribution in [2.75, 3.05) is 0 Å². The quantitative estimate of drug-likeness (QED) is 0.694. The maximum absolute atomic E-state index is 10.3. The Labute approximate surface area is 78.8 Å². The van der Waals surface area contributed by atoms with Gasteiger partial charge in [-0.25, -0.2) is 4.79 Å². The fourth-order valence-electron chi connectivity index (χ4n) is 0.832. The Bertz CT molecular complexity index is 310. The number of carboxylic acid groups (broad SMARTS) is 2. The Kier molecular flexibility index (Phi) is 3.01. The Morgan fingerprint density at radius 3 is 2.50 bits per heavy atom. The van der Waals surface area contributed by atoms with Gasteiger partial charge in [0.05, 0.1) is 18.3 Å². The average molecular weight is 197 g/mol. The van der Waals surface area contributed by atoms with E-state index in [1.165, 1.54) is 12.1 Å². The average Bonchev–Trinajstić information content (AvgIpc) is 2.06. The summed E-state index contributed by atoms with van der Waals surface area (Å²) in [7, 11) is 0. The van der Waals surface area contributed by atoms with E-state index in [4.69, 9.17) is 10.2 Å². The lowest BCUT2D eigenvalue weighted by Crippen LogP contribution is -2.05. The normalized spacial score (nSPS) is 9.43. The van der Waals surface area contributed by atoms with Gasteiger partial charge in [0.15, 0.2) is 5.75 Å². The van der Waals surface area contributed by atoms with Crippen LogP contribution >= 0.6 is 0 Å². The van der Waals surface area contributed by atoms with Crippen LogP contribution in [0.25, 0.3) is 0 Å². The topological polar surface area (TPSA) is 96.7 Å². The molecule has 1 aromatic heterocycles. The van der Waals surface area contributed by atoms with E-state index in [0.29, 0.717) is 5.69 Å². The van der Waals surface area contributed by atoms with Crippen molar-refractivity contribution in [1.29, 1.82) is 0 Å². The van der Waals surface area contributed by atoms with E-state index in [1.807, 2.05) is 0 Å². The van der Waals surface area contributed by atoms with E-state index in [-0.39, 0.29) is 12.2 Å². The molecule has 0 aliphatic rings. The van der Waals surface area contributed by atoms with Crippen molar-refractivity contribution in [1.82, 2.24) is 4.98 Å². The van der Waals surface area contributed by atoms with Crippen LogP contribution in [0.5, 0.6) is 5.75 Å². The Hall–Kier alpha value is -2.11. The van der Waals surface area contributed by atoms with E-state index < -0.39 is 12.1 Å². The van der Waals surface area contributed by atoms with Gasteiger partial charge in [0, 0.05) is 0 Å². The lowest BCUT2D eigenvalue weighted by atomic mass is 10.3. The van der Waals surface area contributed by atoms with Crippen LogP contribution in [0.15, 0.2) is 18.3 Å². The standard InChI is InChI=1S/C8H7NO5/c10-7(11)3-5-1-2-6(4-9-5)14-8(12)13/h1-2,4H,3H2,(H,10,11)(H,12,13). The van der Waals surface area contributed by atoms with Crippen LogP contribution in [0, 0.1) is 0 Å². The van der Waals surface area contributed by atoms with E-state index >= 15 is 0 Å². The summed E-state index contributed by atoms with van der Waals surface area (Å²) < 4.78 is 4.28. The summed E-state index contributed by atoms with van der Waals surface area (Å²) in [4.78, 5) is 24.1. The van der Waals surface area contributed by atoms with Gasteiger partial charge in [-0.05, 0) is 12.1 Å². The second-order valence-electron chi connectivity index (χ2n) is 2.42. The molecule has 6 heteroatoms. The number of rotatable bonds is 3. The largest absolute Gasteiger partial charge is 0.511 e. The molecule has 1 heterocycles. The van der Waals surface area contributed by atoms with Crippen LogP contribution in [-0.4, -0.2) is 27.3 Å². The Balaban J connectivity index is 2.68. The minimum atomic E-state index is -1.43. The van der Waals surface area contributed by atoms with Crippen LogP contribution in [0.4, 0.5) is 4.79 Å². The minimum Gasteiger partial charge on any atom is -0.481 e. The molecule has 0 saturated heterocycles. The highest BCUT2D eigenvalue weighted by molar-refractivity contribution is 5.69. The molecule has 0 unspecified atom stereocenters. The number of carboxylic acids is 1. The molecule has 2 N–H and O–H groups in total. The first-order valence-corrected chi connectivity index (χ1v) is 3.65. The molecule has 0 amide bonds. The summed E-state index contributed by atoms with van der Waals surface area (Å²) >= 11 is 0. The number of hydrogen-bond donors (Lipinski definition) is 2. The molecule has 1 aromatic rings. The third kappa shape index (κ3) is 3.10. The third-order valence-corrected chi connectivity index (χ3v) is 1.34. The highest BCUT2D eigenvalue weighted by atomic mass is 16.7. The number of aliphatic carboxylic acids is 1. The van der Waals surface area contributed by atoms with Crippen LogP contribution in [0.3, 0.4) is 0 Å². The maximum atomic E-state index is 10.3. The van der Waals surface area contributed by atoms with Gasteiger partial charge in [-0.3, -0.25) is 9.78 Å². The number of pyridine rings is 1. The molecule has 6 nitrogen and oxygen atoms in total. The Morgan fingerprint density at radius 2 is 2.07 bits per heavy atom. The smallest absolute Gasteiger partial charge is 0.481 e. The fraction of sp³-hybridized carbons (Fsp3) is 0.125. The zero-order chi connectivity index (χ0) is 10.6. The van der Waals surface area contributed by atoms with Crippen molar-refractivity contribution in [3.63, 3.8) is 0 Å². The fourth-order valence-corrected chi connectivity index (χ4v) is 0.832. The van der Waals surface area contributed by atoms with Crippen molar-refractivity contribution < 1.29 is 24.5 Å². The predicted molar refractivity (Wildman–Crippen MR) is 44.2 cm³/mol. The van der Waals surface area contributed by atoms with Gasteiger partial charge in [-0.2, -0.15) is 0 Å². The van der Waals surface area contributed by atoms with Gasteiger partial charge in [-0.15, -0.1) is 0 Å². The third-order valence-electron chi connectivity index (χ3n) is 1.34. The summed E-state index contributed by atoms with van der Waals surface area (Å²) in [5.41, 5.74) is 0.343. The van der Waals surface area contributed by atoms with E-state index in [1.54, 1.807) is 0 Å². The zero-order valence-electron chi connectivity index (χ0n) is 7.01. The molecule has 0 atom stereocenters. The molecular weight excluding hydrogens is 190 g/mol. The molecule has 0 spiro atoms. The summed E-state index contributed by atoms with van der Waals surface area (Å²) in [6, 6.07) is 2.74. The van der Waals surface area contributed by atoms with Gasteiger partial charge < -0.3 is 14.9 Å². The number of aromatic nitrogens is 1. The molecule has 1 rings (SSSR count). The zero-order valence-corrected chi connectivity index (χ0v) is 7.01. The molecule has 0 aromatic carbocycles. The molecule has 0 fully saturated rings. The lowest BCUT2D eigenvalue weighted by Gasteiger charge is -1.99. The molecule has 0 aliphatic carbocycles. The van der Waals surface area contributed by atoms with E-state index in [0.717, 1.165) is 6.20 Å². The molecule has 0 aliphatic heterocycles. The predicted octanol–water partition coefficient (Wildman–Crippen LogP) is 0.766. The van der Waals surface area contributed by atoms with Crippen LogP contribution < -0.4 is 4.74 Å². The molecule has 0 radical (unpaired) electrons. The monoisotopic (exact) mass is 197 g/mol. The van der Waals surface area contributed by atoms with Crippen LogP contribution in [-0.2, 0) is 11.2 Å². The van der Waals surface area contributed by atoms with E-state index in [2.05, 4.69) is 9.72 Å². The second kappa shape index (κ2) is 4.22. The molecule has 14 heavy (non-hydrogen) atoms. The van der Waals surface area contributed by atoms with Crippen molar-refractivity contribution in [2.24, 2.45) is 0 Å². The highest BCUT2D eigenvalue weighted by Crippen LogP contribution is 2.09. The van der Waals surface area contributed by atoms with Crippen LogP contribution in [0.2, 0.25) is 0 Å². The first kappa shape index (κ1) is 9.97. The van der Waals surface area contributed by atoms with Gasteiger partial charge in [0.1, 0.15) is 0 Å². The molecule has 74 valence electrons. The first-order valence-electron chi connectivity index (χ1n) is 3.65. The summed E-state index contributed by atoms with van der Waals surface area (Å²) in [6.07, 6.45) is -0.475. The first-order chi connectivity index (χ1) is 6.58. The Morgan fingerprint density at radius 1 is 1.36 bits per heavy atom. The minimum absolute atomic E-state index is 0.0617.